The van der Waals surface area contributed by atoms with Crippen molar-refractivity contribution in [3.05, 3.63) is 88.0 Å². The van der Waals surface area contributed by atoms with Crippen molar-refractivity contribution >= 4 is 45.7 Å². The minimum Gasteiger partial charge on any atom is -0.497 e. The van der Waals surface area contributed by atoms with Crippen LogP contribution in [-0.4, -0.2) is 18.9 Å². The van der Waals surface area contributed by atoms with Crippen LogP contribution in [0.1, 0.15) is 12.5 Å². The summed E-state index contributed by atoms with van der Waals surface area (Å²) in [6.45, 7) is 1.55. The summed E-state index contributed by atoms with van der Waals surface area (Å²) in [4.78, 5) is 19.0. The predicted molar refractivity (Wildman–Crippen MR) is 118 cm³/mol. The van der Waals surface area contributed by atoms with E-state index in [1.807, 2.05) is 78.9 Å². The van der Waals surface area contributed by atoms with Gasteiger partial charge in [0.25, 0.3) is 0 Å². The number of anilines is 1. The molecule has 0 aliphatic carbocycles. The van der Waals surface area contributed by atoms with E-state index >= 15 is 0 Å². The molecule has 0 saturated carbocycles. The topological polar surface area (TPSA) is 41.9 Å². The van der Waals surface area contributed by atoms with Crippen molar-refractivity contribution in [2.45, 2.75) is 6.92 Å². The van der Waals surface area contributed by atoms with Gasteiger partial charge in [0, 0.05) is 16.1 Å². The molecule has 0 aliphatic rings. The first-order valence-electron chi connectivity index (χ1n) is 8.43. The van der Waals surface area contributed by atoms with Crippen molar-refractivity contribution in [3.63, 3.8) is 0 Å². The summed E-state index contributed by atoms with van der Waals surface area (Å²) in [7, 11) is 1.63. The van der Waals surface area contributed by atoms with E-state index in [2.05, 4.69) is 22.6 Å². The van der Waals surface area contributed by atoms with Crippen molar-refractivity contribution in [3.8, 4) is 5.75 Å². The van der Waals surface area contributed by atoms with Gasteiger partial charge in [-0.25, -0.2) is 4.99 Å². The first-order chi connectivity index (χ1) is 13.1. The molecule has 0 heterocycles. The van der Waals surface area contributed by atoms with Crippen LogP contribution >= 0.6 is 22.6 Å². The summed E-state index contributed by atoms with van der Waals surface area (Å²) in [6, 6.07) is 25.0. The van der Waals surface area contributed by atoms with E-state index in [9.17, 15) is 4.79 Å². The van der Waals surface area contributed by atoms with Crippen molar-refractivity contribution < 1.29 is 9.53 Å². The van der Waals surface area contributed by atoms with Gasteiger partial charge in [-0.2, -0.15) is 0 Å². The second-order valence-corrected chi connectivity index (χ2v) is 7.08. The Bertz CT molecular complexity index is 936. The van der Waals surface area contributed by atoms with Crippen molar-refractivity contribution in [1.82, 2.24) is 0 Å². The van der Waals surface area contributed by atoms with Gasteiger partial charge in [-0.15, -0.1) is 0 Å². The highest BCUT2D eigenvalue weighted by atomic mass is 127. The minimum absolute atomic E-state index is 0.104. The minimum atomic E-state index is -0.104. The first kappa shape index (κ1) is 19.1. The van der Waals surface area contributed by atoms with Gasteiger partial charge in [0.15, 0.2) is 0 Å². The van der Waals surface area contributed by atoms with Crippen LogP contribution in [0.4, 0.5) is 11.4 Å². The van der Waals surface area contributed by atoms with Crippen LogP contribution < -0.4 is 9.64 Å². The second-order valence-electron chi connectivity index (χ2n) is 5.83. The largest absolute Gasteiger partial charge is 0.497 e. The number of ether oxygens (including phenoxy) is 1. The fourth-order valence-electron chi connectivity index (χ4n) is 2.65. The van der Waals surface area contributed by atoms with Gasteiger partial charge >= 0.3 is 0 Å². The highest BCUT2D eigenvalue weighted by molar-refractivity contribution is 14.1. The normalized spacial score (nSPS) is 11.1. The number of rotatable bonds is 4. The lowest BCUT2D eigenvalue weighted by Gasteiger charge is -2.23. The maximum Gasteiger partial charge on any atom is 0.229 e. The lowest BCUT2D eigenvalue weighted by molar-refractivity contribution is -0.115. The van der Waals surface area contributed by atoms with Gasteiger partial charge < -0.3 is 4.74 Å². The average molecular weight is 470 g/mol. The maximum absolute atomic E-state index is 12.6. The van der Waals surface area contributed by atoms with Crippen LogP contribution in [0.2, 0.25) is 0 Å². The maximum atomic E-state index is 12.6. The van der Waals surface area contributed by atoms with E-state index in [0.29, 0.717) is 5.84 Å². The van der Waals surface area contributed by atoms with E-state index in [-0.39, 0.29) is 5.91 Å². The van der Waals surface area contributed by atoms with Gasteiger partial charge in [0.1, 0.15) is 11.6 Å². The second kappa shape index (κ2) is 8.81. The van der Waals surface area contributed by atoms with Gasteiger partial charge in [0.05, 0.1) is 18.5 Å². The molecule has 0 unspecified atom stereocenters. The molecular weight excluding hydrogens is 451 g/mol. The molecule has 3 rings (SSSR count). The van der Waals surface area contributed by atoms with Crippen molar-refractivity contribution in [1.29, 1.82) is 0 Å². The number of aliphatic imine (C=N–C) groups is 1. The van der Waals surface area contributed by atoms with Crippen LogP contribution in [-0.2, 0) is 4.79 Å². The molecule has 3 aromatic carbocycles. The molecule has 0 N–H and O–H groups in total. The van der Waals surface area contributed by atoms with Gasteiger partial charge in [-0.1, -0.05) is 30.3 Å². The Kier molecular flexibility index (Phi) is 6.24. The molecule has 0 aromatic heterocycles. The summed E-state index contributed by atoms with van der Waals surface area (Å²) in [5.41, 5.74) is 2.38. The zero-order valence-electron chi connectivity index (χ0n) is 15.1. The number of carbonyl (C=O) groups is 1. The first-order valence-corrected chi connectivity index (χ1v) is 9.51. The third-order valence-corrected chi connectivity index (χ3v) is 4.67. The summed E-state index contributed by atoms with van der Waals surface area (Å²) >= 11 is 2.25. The Hall–Kier alpha value is -2.67. The number of hydrogen-bond donors (Lipinski definition) is 0. The number of halogens is 1. The highest BCUT2D eigenvalue weighted by Crippen LogP contribution is 2.24. The molecule has 1 amide bonds. The van der Waals surface area contributed by atoms with Crippen molar-refractivity contribution in [2.75, 3.05) is 12.0 Å². The summed E-state index contributed by atoms with van der Waals surface area (Å²) in [5.74, 6) is 1.23. The van der Waals surface area contributed by atoms with Crippen LogP contribution in [0.3, 0.4) is 0 Å². The quantitative estimate of drug-likeness (QED) is 0.290. The number of nitrogens with zero attached hydrogens (tertiary/aromatic N) is 2. The van der Waals surface area contributed by atoms with E-state index in [4.69, 9.17) is 9.73 Å². The van der Waals surface area contributed by atoms with E-state index in [0.717, 1.165) is 26.3 Å². The molecule has 0 radical (unpaired) electrons. The average Bonchev–Trinajstić information content (AvgIpc) is 2.70. The molecule has 0 aliphatic heterocycles. The van der Waals surface area contributed by atoms with Gasteiger partial charge in [-0.05, 0) is 71.1 Å². The number of benzene rings is 3. The smallest absolute Gasteiger partial charge is 0.229 e. The number of amidine groups is 1. The van der Waals surface area contributed by atoms with E-state index in [1.54, 1.807) is 18.9 Å². The molecule has 0 saturated heterocycles. The van der Waals surface area contributed by atoms with E-state index in [1.165, 1.54) is 0 Å². The van der Waals surface area contributed by atoms with Crippen molar-refractivity contribution in [2.24, 2.45) is 4.99 Å². The Balaban J connectivity index is 2.13. The zero-order chi connectivity index (χ0) is 19.2. The SMILES string of the molecule is COc1ccc(N=C(c2ccccc2)N(C(C)=O)c2ccc(I)cc2)cc1. The molecule has 0 fully saturated rings. The molecule has 0 bridgehead atoms. The Labute approximate surface area is 172 Å². The fraction of sp³-hybridized carbons (Fsp3) is 0.0909. The van der Waals surface area contributed by atoms with Crippen LogP contribution in [0.5, 0.6) is 5.75 Å². The highest BCUT2D eigenvalue weighted by Gasteiger charge is 2.20. The third kappa shape index (κ3) is 4.74. The fourth-order valence-corrected chi connectivity index (χ4v) is 3.01. The summed E-state index contributed by atoms with van der Waals surface area (Å²) < 4.78 is 6.32. The van der Waals surface area contributed by atoms with Gasteiger partial charge in [0.2, 0.25) is 5.91 Å². The zero-order valence-corrected chi connectivity index (χ0v) is 17.3. The lowest BCUT2D eigenvalue weighted by atomic mass is 10.1. The Morgan fingerprint density at radius 2 is 1.56 bits per heavy atom. The predicted octanol–water partition coefficient (Wildman–Crippen LogP) is 5.43. The molecular formula is C22H19IN2O2. The molecule has 5 heteroatoms. The molecule has 3 aromatic rings. The summed E-state index contributed by atoms with van der Waals surface area (Å²) in [5, 5.41) is 0. The number of methoxy groups -OCH3 is 1. The lowest BCUT2D eigenvalue weighted by Crippen LogP contribution is -2.35. The molecule has 0 spiro atoms. The van der Waals surface area contributed by atoms with Crippen LogP contribution in [0.15, 0.2) is 83.9 Å². The van der Waals surface area contributed by atoms with E-state index < -0.39 is 0 Å². The third-order valence-electron chi connectivity index (χ3n) is 3.95. The molecule has 136 valence electrons. The molecule has 0 atom stereocenters. The van der Waals surface area contributed by atoms with Crippen LogP contribution in [0.25, 0.3) is 0 Å². The molecule has 4 nitrogen and oxygen atoms in total. The molecule has 27 heavy (non-hydrogen) atoms. The monoisotopic (exact) mass is 470 g/mol. The number of hydrogen-bond acceptors (Lipinski definition) is 3. The van der Waals surface area contributed by atoms with Crippen LogP contribution in [0, 0.1) is 3.57 Å². The number of carbonyl (C=O) groups excluding carboxylic acids is 1. The standard InChI is InChI=1S/C22H19IN2O2/c1-16(26)25(20-12-8-18(23)9-13-20)22(17-6-4-3-5-7-17)24-19-10-14-21(27-2)15-11-19/h3-15H,1-2H3. The Morgan fingerprint density at radius 1 is 0.926 bits per heavy atom. The van der Waals surface area contributed by atoms with Gasteiger partial charge in [-0.3, -0.25) is 9.69 Å². The Morgan fingerprint density at radius 3 is 2.11 bits per heavy atom. The summed E-state index contributed by atoms with van der Waals surface area (Å²) in [6.07, 6.45) is 0. The number of amides is 1.